The zero-order valence-corrected chi connectivity index (χ0v) is 25.3. The summed E-state index contributed by atoms with van der Waals surface area (Å²) in [6, 6.07) is 17.3. The summed E-state index contributed by atoms with van der Waals surface area (Å²) in [5.41, 5.74) is 1.99. The SMILES string of the molecule is CCNC(=O)[C@H](C)N(Cc1ccc(Cl)cc1)C(=O)CN(c1ccc(C)cc1)S(=O)(=O)c1ccc(OC)c(Br)c1. The molecule has 8 nitrogen and oxygen atoms in total. The maximum absolute atomic E-state index is 13.9. The minimum atomic E-state index is -4.20. The van der Waals surface area contributed by atoms with Crippen molar-refractivity contribution < 1.29 is 22.7 Å². The molecule has 208 valence electrons. The molecule has 3 aromatic carbocycles. The van der Waals surface area contributed by atoms with E-state index in [0.717, 1.165) is 15.4 Å². The van der Waals surface area contributed by atoms with Crippen molar-refractivity contribution in [3.05, 3.63) is 87.4 Å². The zero-order valence-electron chi connectivity index (χ0n) is 22.1. The highest BCUT2D eigenvalue weighted by Crippen LogP contribution is 2.31. The third-order valence-corrected chi connectivity index (χ3v) is 8.74. The highest BCUT2D eigenvalue weighted by molar-refractivity contribution is 9.10. The topological polar surface area (TPSA) is 96.0 Å². The van der Waals surface area contributed by atoms with Crippen LogP contribution in [0.1, 0.15) is 25.0 Å². The lowest BCUT2D eigenvalue weighted by atomic mass is 10.1. The highest BCUT2D eigenvalue weighted by atomic mass is 79.9. The number of amides is 2. The van der Waals surface area contributed by atoms with Crippen LogP contribution in [0.15, 0.2) is 76.1 Å². The Hall–Kier alpha value is -3.08. The summed E-state index contributed by atoms with van der Waals surface area (Å²) in [6.45, 7) is 5.24. The molecule has 3 aromatic rings. The first kappa shape index (κ1) is 30.5. The number of sulfonamides is 1. The molecule has 0 aliphatic rings. The minimum absolute atomic E-state index is 0.0235. The monoisotopic (exact) mass is 635 g/mol. The molecule has 3 rings (SSSR count). The van der Waals surface area contributed by atoms with E-state index in [-0.39, 0.29) is 17.3 Å². The lowest BCUT2D eigenvalue weighted by Gasteiger charge is -2.32. The fourth-order valence-corrected chi connectivity index (χ4v) is 6.12. The number of benzene rings is 3. The van der Waals surface area contributed by atoms with Crippen LogP contribution in [-0.2, 0) is 26.2 Å². The first-order valence-corrected chi connectivity index (χ1v) is 14.8. The van der Waals surface area contributed by atoms with E-state index >= 15 is 0 Å². The van der Waals surface area contributed by atoms with E-state index < -0.39 is 28.5 Å². The Morgan fingerprint density at radius 1 is 1.05 bits per heavy atom. The second-order valence-corrected chi connectivity index (χ2v) is 12.0. The van der Waals surface area contributed by atoms with Crippen molar-refractivity contribution >= 4 is 55.1 Å². The Labute approximate surface area is 243 Å². The third kappa shape index (κ3) is 7.52. The minimum Gasteiger partial charge on any atom is -0.496 e. The van der Waals surface area contributed by atoms with Gasteiger partial charge < -0.3 is 15.0 Å². The molecule has 0 saturated heterocycles. The van der Waals surface area contributed by atoms with Gasteiger partial charge in [0.1, 0.15) is 18.3 Å². The highest BCUT2D eigenvalue weighted by Gasteiger charge is 2.32. The number of likely N-dealkylation sites (N-methyl/N-ethyl adjacent to an activating group) is 1. The quantitative estimate of drug-likeness (QED) is 0.314. The van der Waals surface area contributed by atoms with Crippen molar-refractivity contribution in [2.75, 3.05) is 24.5 Å². The number of aryl methyl sites for hydroxylation is 1. The van der Waals surface area contributed by atoms with Crippen LogP contribution in [0.4, 0.5) is 5.69 Å². The summed E-state index contributed by atoms with van der Waals surface area (Å²) in [5, 5.41) is 3.27. The van der Waals surface area contributed by atoms with Crippen molar-refractivity contribution in [2.24, 2.45) is 0 Å². The van der Waals surface area contributed by atoms with Gasteiger partial charge in [0.05, 0.1) is 22.2 Å². The van der Waals surface area contributed by atoms with Crippen molar-refractivity contribution in [1.82, 2.24) is 10.2 Å². The number of hydrogen-bond acceptors (Lipinski definition) is 5. The van der Waals surface area contributed by atoms with Crippen molar-refractivity contribution in [1.29, 1.82) is 0 Å². The molecule has 2 amide bonds. The summed E-state index contributed by atoms with van der Waals surface area (Å²) >= 11 is 9.37. The zero-order chi connectivity index (χ0) is 28.7. The van der Waals surface area contributed by atoms with Gasteiger partial charge in [0.2, 0.25) is 11.8 Å². The van der Waals surface area contributed by atoms with Crippen molar-refractivity contribution in [2.45, 2.75) is 38.3 Å². The van der Waals surface area contributed by atoms with Crippen LogP contribution in [0.2, 0.25) is 5.02 Å². The molecule has 0 spiro atoms. The van der Waals surface area contributed by atoms with Crippen LogP contribution >= 0.6 is 27.5 Å². The van der Waals surface area contributed by atoms with Crippen LogP contribution in [0.25, 0.3) is 0 Å². The molecule has 0 aliphatic carbocycles. The maximum atomic E-state index is 13.9. The molecular weight excluding hydrogens is 606 g/mol. The Balaban J connectivity index is 2.04. The number of rotatable bonds is 11. The lowest BCUT2D eigenvalue weighted by Crippen LogP contribution is -2.51. The van der Waals surface area contributed by atoms with E-state index in [1.165, 1.54) is 30.2 Å². The Morgan fingerprint density at radius 3 is 2.26 bits per heavy atom. The molecule has 0 unspecified atom stereocenters. The Kier molecular flexibility index (Phi) is 10.4. The summed E-state index contributed by atoms with van der Waals surface area (Å²) in [7, 11) is -2.71. The molecule has 11 heteroatoms. The van der Waals surface area contributed by atoms with Gasteiger partial charge in [-0.05, 0) is 84.7 Å². The summed E-state index contributed by atoms with van der Waals surface area (Å²) in [4.78, 5) is 28.0. The smallest absolute Gasteiger partial charge is 0.264 e. The number of nitrogens with zero attached hydrogens (tertiary/aromatic N) is 2. The van der Waals surface area contributed by atoms with Gasteiger partial charge in [-0.1, -0.05) is 41.4 Å². The molecule has 1 N–H and O–H groups in total. The fourth-order valence-electron chi connectivity index (χ4n) is 3.87. The summed E-state index contributed by atoms with van der Waals surface area (Å²) in [5.74, 6) is -0.416. The van der Waals surface area contributed by atoms with Gasteiger partial charge in [-0.15, -0.1) is 0 Å². The molecule has 0 heterocycles. The molecule has 0 fully saturated rings. The molecule has 0 aromatic heterocycles. The molecule has 39 heavy (non-hydrogen) atoms. The number of methoxy groups -OCH3 is 1. The second kappa shape index (κ2) is 13.3. The molecular formula is C28H31BrClN3O5S. The largest absolute Gasteiger partial charge is 0.496 e. The van der Waals surface area contributed by atoms with Gasteiger partial charge in [0.15, 0.2) is 0 Å². The average Bonchev–Trinajstić information content (AvgIpc) is 2.91. The number of anilines is 1. The van der Waals surface area contributed by atoms with Crippen molar-refractivity contribution in [3.63, 3.8) is 0 Å². The number of carbonyl (C=O) groups is 2. The Bertz CT molecular complexity index is 1420. The summed E-state index contributed by atoms with van der Waals surface area (Å²) in [6.07, 6.45) is 0. The second-order valence-electron chi connectivity index (χ2n) is 8.86. The van der Waals surface area contributed by atoms with E-state index in [1.807, 2.05) is 6.92 Å². The number of carbonyl (C=O) groups excluding carboxylic acids is 2. The van der Waals surface area contributed by atoms with Gasteiger partial charge in [-0.25, -0.2) is 8.42 Å². The molecule has 0 radical (unpaired) electrons. The average molecular weight is 637 g/mol. The van der Waals surface area contributed by atoms with E-state index in [0.29, 0.717) is 27.5 Å². The lowest BCUT2D eigenvalue weighted by molar-refractivity contribution is -0.139. The number of halogens is 2. The molecule has 0 saturated carbocycles. The van der Waals surface area contributed by atoms with E-state index in [9.17, 15) is 18.0 Å². The molecule has 0 aliphatic heterocycles. The van der Waals surface area contributed by atoms with Gasteiger partial charge in [-0.3, -0.25) is 13.9 Å². The van der Waals surface area contributed by atoms with Crippen LogP contribution in [0, 0.1) is 6.92 Å². The fraction of sp³-hybridized carbons (Fsp3) is 0.286. The first-order valence-electron chi connectivity index (χ1n) is 12.2. The van der Waals surface area contributed by atoms with Crippen LogP contribution in [0.3, 0.4) is 0 Å². The number of hydrogen-bond donors (Lipinski definition) is 1. The third-order valence-electron chi connectivity index (χ3n) is 6.10. The van der Waals surface area contributed by atoms with Crippen LogP contribution in [0.5, 0.6) is 5.75 Å². The first-order chi connectivity index (χ1) is 18.5. The maximum Gasteiger partial charge on any atom is 0.264 e. The van der Waals surface area contributed by atoms with E-state index in [1.54, 1.807) is 62.4 Å². The van der Waals surface area contributed by atoms with Crippen molar-refractivity contribution in [3.8, 4) is 5.75 Å². The molecule has 0 bridgehead atoms. The molecule has 1 atom stereocenters. The number of nitrogens with one attached hydrogen (secondary N) is 1. The van der Waals surface area contributed by atoms with Crippen LogP contribution < -0.4 is 14.4 Å². The Morgan fingerprint density at radius 2 is 1.69 bits per heavy atom. The number of ether oxygens (including phenoxy) is 1. The summed E-state index contributed by atoms with van der Waals surface area (Å²) < 4.78 is 34.6. The van der Waals surface area contributed by atoms with E-state index in [4.69, 9.17) is 16.3 Å². The van der Waals surface area contributed by atoms with Gasteiger partial charge in [0.25, 0.3) is 10.0 Å². The predicted octanol–water partition coefficient (Wildman–Crippen LogP) is 5.17. The van der Waals surface area contributed by atoms with Gasteiger partial charge in [-0.2, -0.15) is 0 Å². The normalized spacial score (nSPS) is 11.9. The van der Waals surface area contributed by atoms with Crippen LogP contribution in [-0.4, -0.2) is 51.4 Å². The van der Waals surface area contributed by atoms with Gasteiger partial charge in [0, 0.05) is 18.1 Å². The van der Waals surface area contributed by atoms with E-state index in [2.05, 4.69) is 21.2 Å². The standard InChI is InChI=1S/C28H31BrClN3O5S/c1-5-31-28(35)20(3)32(17-21-8-10-22(30)11-9-21)27(34)18-33(23-12-6-19(2)7-13-23)39(36,37)24-14-15-26(38-4)25(29)16-24/h6-16,20H,5,17-18H2,1-4H3,(H,31,35)/t20-/m0/s1. The predicted molar refractivity (Wildman–Crippen MR) is 157 cm³/mol. The van der Waals surface area contributed by atoms with Gasteiger partial charge >= 0.3 is 0 Å².